The molecule has 0 bridgehead atoms. The van der Waals surface area contributed by atoms with Crippen LogP contribution in [0.4, 0.5) is 14.5 Å². The summed E-state index contributed by atoms with van der Waals surface area (Å²) in [7, 11) is 1.62. The smallest absolute Gasteiger partial charge is 0.271 e. The van der Waals surface area contributed by atoms with Gasteiger partial charge in [-0.1, -0.05) is 36.4 Å². The molecule has 0 aliphatic rings. The van der Waals surface area contributed by atoms with Gasteiger partial charge in [0.05, 0.1) is 0 Å². The summed E-state index contributed by atoms with van der Waals surface area (Å²) in [5.74, 6) is -1.50. The van der Waals surface area contributed by atoms with Crippen LogP contribution in [0, 0.1) is 11.6 Å². The Bertz CT molecular complexity index is 1740. The maximum atomic E-state index is 14.3. The highest BCUT2D eigenvalue weighted by Crippen LogP contribution is 2.24. The summed E-state index contributed by atoms with van der Waals surface area (Å²) >= 11 is 0. The maximum absolute atomic E-state index is 14.3. The molecule has 10 heteroatoms. The third-order valence-electron chi connectivity index (χ3n) is 6.66. The Balaban J connectivity index is 1.29. The molecule has 3 amide bonds. The van der Waals surface area contributed by atoms with Crippen LogP contribution in [0.15, 0.2) is 103 Å². The van der Waals surface area contributed by atoms with Gasteiger partial charge >= 0.3 is 0 Å². The fourth-order valence-electron chi connectivity index (χ4n) is 4.45. The molecule has 0 aliphatic carbocycles. The van der Waals surface area contributed by atoms with Crippen LogP contribution in [0.2, 0.25) is 0 Å². The third kappa shape index (κ3) is 7.42. The number of likely N-dealkylation sites (N-methyl/N-ethyl adjacent to an activating group) is 1. The first-order valence-electron chi connectivity index (χ1n) is 13.4. The first-order chi connectivity index (χ1) is 20.7. The Labute approximate surface area is 246 Å². The number of halogens is 2. The Morgan fingerprint density at radius 1 is 0.814 bits per heavy atom. The summed E-state index contributed by atoms with van der Waals surface area (Å²) in [6.45, 7) is -0.495. The number of nitrogens with zero attached hydrogens (tertiary/aromatic N) is 2. The van der Waals surface area contributed by atoms with Gasteiger partial charge < -0.3 is 24.8 Å². The fraction of sp³-hybridized carbons (Fsp3) is 0.121. The summed E-state index contributed by atoms with van der Waals surface area (Å²) in [6, 6.07) is 27.2. The molecule has 0 spiro atoms. The molecule has 2 N–H and O–H groups in total. The highest BCUT2D eigenvalue weighted by Gasteiger charge is 2.25. The largest absolute Gasteiger partial charge is 0.457 e. The second kappa shape index (κ2) is 13.0. The van der Waals surface area contributed by atoms with E-state index in [0.29, 0.717) is 29.2 Å². The van der Waals surface area contributed by atoms with Crippen molar-refractivity contribution < 1.29 is 27.9 Å². The number of benzene rings is 4. The van der Waals surface area contributed by atoms with Gasteiger partial charge in [-0.05, 0) is 72.3 Å². The van der Waals surface area contributed by atoms with E-state index in [1.807, 2.05) is 30.3 Å². The minimum atomic E-state index is -0.629. The lowest BCUT2D eigenvalue weighted by Gasteiger charge is -2.25. The highest BCUT2D eigenvalue weighted by molar-refractivity contribution is 6.02. The lowest BCUT2D eigenvalue weighted by Crippen LogP contribution is -2.44. The molecule has 1 heterocycles. The number of hydrogen-bond donors (Lipinski definition) is 2. The van der Waals surface area contributed by atoms with Crippen LogP contribution >= 0.6 is 0 Å². The SMILES string of the molecule is CN(Cc1ccccc1)C(=O)CN(CC(=O)Nc1ccc(Oc2ccc(F)cc2)cc1)C(=O)c1cc2c(F)cccc2[nH]1. The zero-order valence-corrected chi connectivity index (χ0v) is 23.2. The average Bonchev–Trinajstić information content (AvgIpc) is 3.45. The maximum Gasteiger partial charge on any atom is 0.271 e. The van der Waals surface area contributed by atoms with Crippen molar-refractivity contribution in [2.45, 2.75) is 6.54 Å². The summed E-state index contributed by atoms with van der Waals surface area (Å²) in [5, 5.41) is 2.95. The van der Waals surface area contributed by atoms with Crippen LogP contribution in [0.5, 0.6) is 11.5 Å². The van der Waals surface area contributed by atoms with Gasteiger partial charge in [0.15, 0.2) is 0 Å². The summed E-state index contributed by atoms with van der Waals surface area (Å²) in [4.78, 5) is 45.3. The van der Waals surface area contributed by atoms with Gasteiger partial charge in [0.2, 0.25) is 11.8 Å². The van der Waals surface area contributed by atoms with Crippen LogP contribution in [0.25, 0.3) is 10.9 Å². The van der Waals surface area contributed by atoms with Crippen molar-refractivity contribution in [3.05, 3.63) is 126 Å². The fourth-order valence-corrected chi connectivity index (χ4v) is 4.45. The molecule has 0 unspecified atom stereocenters. The standard InChI is InChI=1S/C33H28F2N4O4/c1-38(19-22-6-3-2-4-7-22)32(41)21-39(33(42)30-18-27-28(35)8-5-9-29(27)37-30)20-31(40)36-24-12-16-26(17-13-24)43-25-14-10-23(34)11-15-25/h2-18,37H,19-21H2,1H3,(H,36,40). The van der Waals surface area contributed by atoms with Crippen LogP contribution in [0.3, 0.4) is 0 Å². The van der Waals surface area contributed by atoms with Gasteiger partial charge in [-0.3, -0.25) is 14.4 Å². The van der Waals surface area contributed by atoms with E-state index in [2.05, 4.69) is 10.3 Å². The van der Waals surface area contributed by atoms with E-state index in [-0.39, 0.29) is 29.3 Å². The second-order valence-corrected chi connectivity index (χ2v) is 9.91. The zero-order chi connectivity index (χ0) is 30.3. The lowest BCUT2D eigenvalue weighted by molar-refractivity contribution is -0.131. The molecular weight excluding hydrogens is 554 g/mol. The summed E-state index contributed by atoms with van der Waals surface area (Å²) in [6.07, 6.45) is 0. The van der Waals surface area contributed by atoms with Crippen molar-refractivity contribution in [3.63, 3.8) is 0 Å². The van der Waals surface area contributed by atoms with Crippen molar-refractivity contribution in [2.75, 3.05) is 25.5 Å². The molecule has 5 aromatic rings. The van der Waals surface area contributed by atoms with Gasteiger partial charge in [-0.25, -0.2) is 8.78 Å². The number of aromatic nitrogens is 1. The number of carbonyl (C=O) groups is 3. The molecule has 218 valence electrons. The molecule has 0 aliphatic heterocycles. The van der Waals surface area contributed by atoms with Gasteiger partial charge in [0, 0.05) is 30.2 Å². The molecular formula is C33H28F2N4O4. The van der Waals surface area contributed by atoms with Crippen LogP contribution in [-0.2, 0) is 16.1 Å². The molecule has 1 aromatic heterocycles. The number of fused-ring (bicyclic) bond motifs is 1. The van der Waals surface area contributed by atoms with Crippen molar-refractivity contribution >= 4 is 34.3 Å². The Hall–Kier alpha value is -5.51. The van der Waals surface area contributed by atoms with Gasteiger partial charge in [0.25, 0.3) is 5.91 Å². The van der Waals surface area contributed by atoms with Crippen LogP contribution in [0.1, 0.15) is 16.1 Å². The highest BCUT2D eigenvalue weighted by atomic mass is 19.1. The number of anilines is 1. The van der Waals surface area contributed by atoms with E-state index in [1.54, 1.807) is 37.4 Å². The lowest BCUT2D eigenvalue weighted by atomic mass is 10.2. The number of hydrogen-bond acceptors (Lipinski definition) is 4. The van der Waals surface area contributed by atoms with E-state index in [4.69, 9.17) is 4.74 Å². The van der Waals surface area contributed by atoms with Gasteiger partial charge in [-0.2, -0.15) is 0 Å². The third-order valence-corrected chi connectivity index (χ3v) is 6.66. The zero-order valence-electron chi connectivity index (χ0n) is 23.2. The number of carbonyl (C=O) groups excluding carboxylic acids is 3. The number of rotatable bonds is 10. The Morgan fingerprint density at radius 3 is 2.16 bits per heavy atom. The van der Waals surface area contributed by atoms with Crippen molar-refractivity contribution in [3.8, 4) is 11.5 Å². The average molecular weight is 583 g/mol. The topological polar surface area (TPSA) is 94.7 Å². The number of amides is 3. The first-order valence-corrected chi connectivity index (χ1v) is 13.4. The number of H-pyrrole nitrogens is 1. The quantitative estimate of drug-likeness (QED) is 0.212. The van der Waals surface area contributed by atoms with E-state index in [9.17, 15) is 23.2 Å². The van der Waals surface area contributed by atoms with E-state index >= 15 is 0 Å². The molecule has 0 radical (unpaired) electrons. The predicted molar refractivity (Wildman–Crippen MR) is 159 cm³/mol. The van der Waals surface area contributed by atoms with E-state index < -0.39 is 24.2 Å². The molecule has 43 heavy (non-hydrogen) atoms. The Kier molecular flexibility index (Phi) is 8.76. The molecule has 8 nitrogen and oxygen atoms in total. The first kappa shape index (κ1) is 29.0. The normalized spacial score (nSPS) is 10.8. The van der Waals surface area contributed by atoms with Gasteiger partial charge in [0.1, 0.15) is 41.9 Å². The molecule has 0 atom stereocenters. The number of nitrogens with one attached hydrogen (secondary N) is 2. The number of ether oxygens (including phenoxy) is 1. The van der Waals surface area contributed by atoms with E-state index in [0.717, 1.165) is 10.5 Å². The summed E-state index contributed by atoms with van der Waals surface area (Å²) in [5.41, 5.74) is 1.81. The van der Waals surface area contributed by atoms with Gasteiger partial charge in [-0.15, -0.1) is 0 Å². The van der Waals surface area contributed by atoms with Crippen molar-refractivity contribution in [1.82, 2.24) is 14.8 Å². The molecule has 0 saturated heterocycles. The molecule has 4 aromatic carbocycles. The van der Waals surface area contributed by atoms with E-state index in [1.165, 1.54) is 47.4 Å². The van der Waals surface area contributed by atoms with Crippen LogP contribution in [-0.4, -0.2) is 52.6 Å². The second-order valence-electron chi connectivity index (χ2n) is 9.91. The summed E-state index contributed by atoms with van der Waals surface area (Å²) < 4.78 is 33.1. The van der Waals surface area contributed by atoms with Crippen molar-refractivity contribution in [1.29, 1.82) is 0 Å². The Morgan fingerprint density at radius 2 is 1.49 bits per heavy atom. The minimum absolute atomic E-state index is 0.0497. The molecule has 5 rings (SSSR count). The van der Waals surface area contributed by atoms with Crippen molar-refractivity contribution in [2.24, 2.45) is 0 Å². The number of aromatic amines is 1. The predicted octanol–water partition coefficient (Wildman–Crippen LogP) is 5.98. The molecule has 0 fully saturated rings. The monoisotopic (exact) mass is 582 g/mol. The minimum Gasteiger partial charge on any atom is -0.457 e. The molecule has 0 saturated carbocycles. The van der Waals surface area contributed by atoms with Crippen LogP contribution < -0.4 is 10.1 Å².